The lowest BCUT2D eigenvalue weighted by atomic mass is 10.2. The average Bonchev–Trinajstić information content (AvgIpc) is 2.26. The topological polar surface area (TPSA) is 110 Å². The molecule has 0 saturated heterocycles. The lowest BCUT2D eigenvalue weighted by Gasteiger charge is -2.09. The molecule has 104 valence electrons. The van der Waals surface area contributed by atoms with Gasteiger partial charge in [0.2, 0.25) is 5.91 Å². The van der Waals surface area contributed by atoms with Crippen molar-refractivity contribution in [2.45, 2.75) is 18.2 Å². The zero-order valence-corrected chi connectivity index (χ0v) is 11.2. The summed E-state index contributed by atoms with van der Waals surface area (Å²) in [5.74, 6) is -0.938. The van der Waals surface area contributed by atoms with Gasteiger partial charge in [-0.2, -0.15) is 8.42 Å². The zero-order valence-electron chi connectivity index (χ0n) is 10.3. The van der Waals surface area contributed by atoms with Crippen LogP contribution in [0.1, 0.15) is 13.3 Å². The summed E-state index contributed by atoms with van der Waals surface area (Å²) in [7, 11) is -3.22. The fourth-order valence-corrected chi connectivity index (χ4v) is 2.07. The van der Waals surface area contributed by atoms with Crippen molar-refractivity contribution in [2.75, 3.05) is 12.4 Å². The Bertz CT molecular complexity index is 608. The molecule has 0 unspecified atom stereocenters. The van der Waals surface area contributed by atoms with Gasteiger partial charge in [-0.3, -0.25) is 14.1 Å². The molecule has 0 radical (unpaired) electrons. The van der Waals surface area contributed by atoms with Crippen molar-refractivity contribution in [3.8, 4) is 5.75 Å². The second-order valence-corrected chi connectivity index (χ2v) is 5.16. The Morgan fingerprint density at radius 3 is 2.47 bits per heavy atom. The average molecular weight is 287 g/mol. The number of rotatable bonds is 5. The molecule has 1 rings (SSSR count). The molecule has 7 nitrogen and oxygen atoms in total. The quantitative estimate of drug-likeness (QED) is 0.614. The van der Waals surface area contributed by atoms with Gasteiger partial charge in [0.25, 0.3) is 10.1 Å². The van der Waals surface area contributed by atoms with E-state index in [1.165, 1.54) is 26.2 Å². The lowest BCUT2D eigenvalue weighted by Crippen LogP contribution is -2.15. The Morgan fingerprint density at radius 2 is 2.00 bits per heavy atom. The molecule has 8 heteroatoms. The first-order valence-electron chi connectivity index (χ1n) is 5.19. The fraction of sp³-hybridized carbons (Fsp3) is 0.273. The van der Waals surface area contributed by atoms with Gasteiger partial charge in [0.1, 0.15) is 16.4 Å². The van der Waals surface area contributed by atoms with Crippen molar-refractivity contribution < 1.29 is 27.3 Å². The van der Waals surface area contributed by atoms with Crippen molar-refractivity contribution in [3.05, 3.63) is 18.2 Å². The van der Waals surface area contributed by atoms with Crippen molar-refractivity contribution >= 4 is 27.5 Å². The molecular weight excluding hydrogens is 274 g/mol. The van der Waals surface area contributed by atoms with Gasteiger partial charge in [0.15, 0.2) is 0 Å². The van der Waals surface area contributed by atoms with Gasteiger partial charge in [-0.1, -0.05) is 0 Å². The summed E-state index contributed by atoms with van der Waals surface area (Å²) in [4.78, 5) is 21.7. The minimum absolute atomic E-state index is 0.0490. The number of carbonyl (C=O) groups is 2. The highest BCUT2D eigenvalue weighted by Crippen LogP contribution is 2.26. The molecule has 19 heavy (non-hydrogen) atoms. The SMILES string of the molecule is COc1ccc(NC(=O)CC(C)=O)cc1S(=O)(=O)O. The van der Waals surface area contributed by atoms with Gasteiger partial charge in [0, 0.05) is 5.69 Å². The van der Waals surface area contributed by atoms with Crippen LogP contribution >= 0.6 is 0 Å². The Morgan fingerprint density at radius 1 is 1.37 bits per heavy atom. The van der Waals surface area contributed by atoms with E-state index < -0.39 is 20.9 Å². The van der Waals surface area contributed by atoms with Crippen LogP contribution in [-0.2, 0) is 19.7 Å². The maximum absolute atomic E-state index is 11.4. The third kappa shape index (κ3) is 4.34. The van der Waals surface area contributed by atoms with Crippen LogP contribution in [0.15, 0.2) is 23.1 Å². The third-order valence-electron chi connectivity index (χ3n) is 2.13. The van der Waals surface area contributed by atoms with E-state index in [0.717, 1.165) is 6.07 Å². The van der Waals surface area contributed by atoms with Crippen LogP contribution in [0.4, 0.5) is 5.69 Å². The Labute approximate surface area is 110 Å². The highest BCUT2D eigenvalue weighted by atomic mass is 32.2. The molecule has 0 aliphatic heterocycles. The summed E-state index contributed by atoms with van der Waals surface area (Å²) in [6.07, 6.45) is -0.312. The number of hydrogen-bond donors (Lipinski definition) is 2. The van der Waals surface area contributed by atoms with Crippen LogP contribution in [0.2, 0.25) is 0 Å². The molecule has 0 bridgehead atoms. The van der Waals surface area contributed by atoms with Crippen molar-refractivity contribution in [1.29, 1.82) is 0 Å². The van der Waals surface area contributed by atoms with Gasteiger partial charge in [-0.05, 0) is 25.1 Å². The monoisotopic (exact) mass is 287 g/mol. The minimum Gasteiger partial charge on any atom is -0.495 e. The minimum atomic E-state index is -4.47. The number of carbonyl (C=O) groups excluding carboxylic acids is 2. The van der Waals surface area contributed by atoms with Crippen LogP contribution in [0.25, 0.3) is 0 Å². The van der Waals surface area contributed by atoms with Gasteiger partial charge in [-0.25, -0.2) is 0 Å². The summed E-state index contributed by atoms with van der Waals surface area (Å²) in [5.41, 5.74) is 0.139. The number of anilines is 1. The number of methoxy groups -OCH3 is 1. The molecule has 1 aromatic rings. The fourth-order valence-electron chi connectivity index (χ4n) is 1.39. The summed E-state index contributed by atoms with van der Waals surface area (Å²) in [6, 6.07) is 3.73. The van der Waals surface area contributed by atoms with Crippen molar-refractivity contribution in [1.82, 2.24) is 0 Å². The van der Waals surface area contributed by atoms with Gasteiger partial charge in [0.05, 0.1) is 13.5 Å². The lowest BCUT2D eigenvalue weighted by molar-refractivity contribution is -0.124. The molecule has 2 N–H and O–H groups in total. The highest BCUT2D eigenvalue weighted by molar-refractivity contribution is 7.86. The van der Waals surface area contributed by atoms with E-state index in [1.807, 2.05) is 0 Å². The van der Waals surface area contributed by atoms with Crippen LogP contribution < -0.4 is 10.1 Å². The second-order valence-electron chi connectivity index (χ2n) is 3.77. The van der Waals surface area contributed by atoms with Gasteiger partial charge in [-0.15, -0.1) is 0 Å². The molecule has 0 aliphatic carbocycles. The van der Waals surface area contributed by atoms with Crippen molar-refractivity contribution in [2.24, 2.45) is 0 Å². The van der Waals surface area contributed by atoms with Crippen LogP contribution in [0.5, 0.6) is 5.75 Å². The number of Topliss-reactive ketones (excluding diaryl/α,β-unsaturated/α-hetero) is 1. The smallest absolute Gasteiger partial charge is 0.298 e. The van der Waals surface area contributed by atoms with Gasteiger partial charge < -0.3 is 10.1 Å². The molecule has 0 spiro atoms. The van der Waals surface area contributed by atoms with E-state index in [4.69, 9.17) is 9.29 Å². The molecule has 0 fully saturated rings. The number of nitrogens with one attached hydrogen (secondary N) is 1. The van der Waals surface area contributed by atoms with Crippen LogP contribution in [-0.4, -0.2) is 31.8 Å². The second kappa shape index (κ2) is 5.81. The number of ether oxygens (including phenoxy) is 1. The summed E-state index contributed by atoms with van der Waals surface area (Å²) in [6.45, 7) is 1.26. The summed E-state index contributed by atoms with van der Waals surface area (Å²) in [5, 5.41) is 2.35. The van der Waals surface area contributed by atoms with E-state index in [0.29, 0.717) is 0 Å². The Balaban J connectivity index is 3.06. The molecule has 0 aliphatic rings. The first-order chi connectivity index (χ1) is 8.74. The Hall–Kier alpha value is -1.93. The molecule has 0 heterocycles. The largest absolute Gasteiger partial charge is 0.495 e. The predicted octanol–water partition coefficient (Wildman–Crippen LogP) is 0.859. The molecule has 0 saturated carbocycles. The maximum atomic E-state index is 11.4. The first kappa shape index (κ1) is 15.1. The molecule has 0 aromatic heterocycles. The van der Waals surface area contributed by atoms with E-state index in [1.54, 1.807) is 0 Å². The molecule has 0 atom stereocenters. The van der Waals surface area contributed by atoms with Gasteiger partial charge >= 0.3 is 0 Å². The third-order valence-corrected chi connectivity index (χ3v) is 3.01. The first-order valence-corrected chi connectivity index (χ1v) is 6.63. The van der Waals surface area contributed by atoms with E-state index >= 15 is 0 Å². The van der Waals surface area contributed by atoms with Crippen LogP contribution in [0.3, 0.4) is 0 Å². The highest BCUT2D eigenvalue weighted by Gasteiger charge is 2.17. The van der Waals surface area contributed by atoms with E-state index in [9.17, 15) is 18.0 Å². The summed E-state index contributed by atoms with van der Waals surface area (Å²) >= 11 is 0. The van der Waals surface area contributed by atoms with E-state index in [2.05, 4.69) is 5.32 Å². The number of benzene rings is 1. The normalized spacial score (nSPS) is 10.9. The van der Waals surface area contributed by atoms with Crippen molar-refractivity contribution in [3.63, 3.8) is 0 Å². The Kier molecular flexibility index (Phi) is 4.62. The number of amides is 1. The van der Waals surface area contributed by atoms with E-state index in [-0.39, 0.29) is 23.6 Å². The molecule has 1 amide bonds. The molecular formula is C11H13NO6S. The zero-order chi connectivity index (χ0) is 14.6. The summed E-state index contributed by atoms with van der Waals surface area (Å²) < 4.78 is 36.1. The number of hydrogen-bond acceptors (Lipinski definition) is 5. The van der Waals surface area contributed by atoms with Crippen LogP contribution in [0, 0.1) is 0 Å². The molecule has 1 aromatic carbocycles. The maximum Gasteiger partial charge on any atom is 0.298 e. The predicted molar refractivity (Wildman–Crippen MR) is 66.7 cm³/mol. The number of ketones is 1. The standard InChI is InChI=1S/C11H13NO6S/c1-7(13)5-11(14)12-8-3-4-9(18-2)10(6-8)19(15,16)17/h3-4,6H,5H2,1-2H3,(H,12,14)(H,15,16,17).